The van der Waals surface area contributed by atoms with Gasteiger partial charge in [-0.3, -0.25) is 19.4 Å². The van der Waals surface area contributed by atoms with Crippen molar-refractivity contribution in [1.82, 2.24) is 16.0 Å². The van der Waals surface area contributed by atoms with Crippen molar-refractivity contribution in [2.24, 2.45) is 39.9 Å². The number of nitrogens with one attached hydrogen (secondary N) is 3. The molecule has 0 aliphatic heterocycles. The number of amides is 3. The average Bonchev–Trinajstić information content (AvgIpc) is 2.80. The summed E-state index contributed by atoms with van der Waals surface area (Å²) in [6.45, 7) is 11.2. The second-order valence-electron chi connectivity index (χ2n) is 9.36. The molecule has 0 fully saturated rings. The lowest BCUT2D eigenvalue weighted by atomic mass is 9.94. The predicted octanol–water partition coefficient (Wildman–Crippen LogP) is -0.345. The molecule has 0 aromatic heterocycles. The Labute approximate surface area is 208 Å². The summed E-state index contributed by atoms with van der Waals surface area (Å²) in [7, 11) is 0. The predicted molar refractivity (Wildman–Crippen MR) is 135 cm³/mol. The van der Waals surface area contributed by atoms with Gasteiger partial charge in [0.1, 0.15) is 18.1 Å². The van der Waals surface area contributed by atoms with Gasteiger partial charge in [0.2, 0.25) is 17.7 Å². The van der Waals surface area contributed by atoms with Crippen LogP contribution in [0.4, 0.5) is 0 Å². The Morgan fingerprint density at radius 2 is 1.34 bits per heavy atom. The Morgan fingerprint density at radius 1 is 0.829 bits per heavy atom. The van der Waals surface area contributed by atoms with Gasteiger partial charge < -0.3 is 38.3 Å². The molecule has 6 atom stereocenters. The van der Waals surface area contributed by atoms with Crippen molar-refractivity contribution in [3.8, 4) is 0 Å². The van der Waals surface area contributed by atoms with E-state index in [1.807, 2.05) is 27.7 Å². The highest BCUT2D eigenvalue weighted by Gasteiger charge is 2.34. The minimum absolute atomic E-state index is 0.0650. The molecular weight excluding hydrogens is 454 g/mol. The molecule has 6 unspecified atom stereocenters. The van der Waals surface area contributed by atoms with Gasteiger partial charge in [-0.25, -0.2) is 4.79 Å². The van der Waals surface area contributed by atoms with Crippen LogP contribution in [0, 0.1) is 17.8 Å². The Balaban J connectivity index is 5.45. The van der Waals surface area contributed by atoms with Crippen molar-refractivity contribution in [3.05, 3.63) is 0 Å². The number of carboxylic acid groups (broad SMARTS) is 1. The zero-order valence-corrected chi connectivity index (χ0v) is 21.8. The van der Waals surface area contributed by atoms with Crippen LogP contribution in [0.1, 0.15) is 67.2 Å². The Kier molecular flexibility index (Phi) is 14.6. The first-order valence-corrected chi connectivity index (χ1v) is 12.2. The zero-order chi connectivity index (χ0) is 27.3. The third-order valence-corrected chi connectivity index (χ3v) is 6.16. The number of carbonyl (C=O) groups is 4. The number of rotatable bonds is 16. The molecule has 0 heterocycles. The summed E-state index contributed by atoms with van der Waals surface area (Å²) in [6, 6.07) is -3.84. The van der Waals surface area contributed by atoms with E-state index in [9.17, 15) is 24.3 Å². The molecule has 3 amide bonds. The van der Waals surface area contributed by atoms with Gasteiger partial charge in [0.15, 0.2) is 5.96 Å². The maximum Gasteiger partial charge on any atom is 0.326 e. The Hall–Kier alpha value is -2.89. The number of carboxylic acids is 1. The van der Waals surface area contributed by atoms with Gasteiger partial charge in [-0.2, -0.15) is 0 Å². The van der Waals surface area contributed by atoms with E-state index in [1.165, 1.54) is 0 Å². The van der Waals surface area contributed by atoms with Crippen LogP contribution in [0.15, 0.2) is 4.99 Å². The van der Waals surface area contributed by atoms with Crippen molar-refractivity contribution >= 4 is 29.7 Å². The van der Waals surface area contributed by atoms with Crippen molar-refractivity contribution in [1.29, 1.82) is 0 Å². The lowest BCUT2D eigenvalue weighted by Crippen LogP contribution is -2.60. The van der Waals surface area contributed by atoms with Crippen molar-refractivity contribution in [2.75, 3.05) is 6.54 Å². The van der Waals surface area contributed by atoms with E-state index >= 15 is 0 Å². The van der Waals surface area contributed by atoms with Crippen molar-refractivity contribution in [2.45, 2.75) is 91.4 Å². The summed E-state index contributed by atoms with van der Waals surface area (Å²) in [6.07, 6.45) is 1.76. The molecule has 0 saturated heterocycles. The maximum atomic E-state index is 13.2. The topological polar surface area (TPSA) is 215 Å². The smallest absolute Gasteiger partial charge is 0.326 e. The highest BCUT2D eigenvalue weighted by molar-refractivity contribution is 5.94. The van der Waals surface area contributed by atoms with Crippen LogP contribution in [-0.2, 0) is 19.2 Å². The Bertz CT molecular complexity index is 740. The fraction of sp³-hybridized carbons (Fsp3) is 0.783. The van der Waals surface area contributed by atoms with Gasteiger partial charge in [0, 0.05) is 6.54 Å². The normalized spacial score (nSPS) is 16.2. The summed E-state index contributed by atoms with van der Waals surface area (Å²) in [5.41, 5.74) is 16.5. The lowest BCUT2D eigenvalue weighted by molar-refractivity contribution is -0.143. The number of hydrogen-bond acceptors (Lipinski definition) is 6. The van der Waals surface area contributed by atoms with Gasteiger partial charge in [-0.05, 0) is 30.6 Å². The molecule has 12 heteroatoms. The van der Waals surface area contributed by atoms with Gasteiger partial charge in [-0.1, -0.05) is 54.4 Å². The summed E-state index contributed by atoms with van der Waals surface area (Å²) in [5.74, 6) is -3.53. The first kappa shape index (κ1) is 32.1. The molecule has 0 aromatic carbocycles. The highest BCUT2D eigenvalue weighted by atomic mass is 16.4. The van der Waals surface area contributed by atoms with E-state index < -0.39 is 47.9 Å². The number of carbonyl (C=O) groups excluding carboxylic acids is 3. The molecule has 0 aliphatic carbocycles. The van der Waals surface area contributed by atoms with Crippen LogP contribution >= 0.6 is 0 Å². The van der Waals surface area contributed by atoms with E-state index in [0.29, 0.717) is 19.3 Å². The largest absolute Gasteiger partial charge is 0.480 e. The fourth-order valence-corrected chi connectivity index (χ4v) is 3.26. The first-order chi connectivity index (χ1) is 16.3. The van der Waals surface area contributed by atoms with E-state index in [4.69, 9.17) is 17.2 Å². The summed E-state index contributed by atoms with van der Waals surface area (Å²) >= 11 is 0. The molecule has 35 heavy (non-hydrogen) atoms. The molecular formula is C23H45N7O5. The minimum Gasteiger partial charge on any atom is -0.480 e. The Morgan fingerprint density at radius 3 is 1.80 bits per heavy atom. The van der Waals surface area contributed by atoms with E-state index in [0.717, 1.165) is 0 Å². The average molecular weight is 500 g/mol. The molecule has 0 bridgehead atoms. The van der Waals surface area contributed by atoms with Gasteiger partial charge in [-0.15, -0.1) is 0 Å². The molecule has 0 rings (SSSR count). The van der Waals surface area contributed by atoms with Crippen molar-refractivity contribution in [3.63, 3.8) is 0 Å². The van der Waals surface area contributed by atoms with Crippen LogP contribution in [0.2, 0.25) is 0 Å². The quantitative estimate of drug-likeness (QED) is 0.0844. The molecule has 0 spiro atoms. The number of guanidine groups is 1. The maximum absolute atomic E-state index is 13.2. The number of aliphatic imine (C=N–C) groups is 1. The van der Waals surface area contributed by atoms with Gasteiger partial charge >= 0.3 is 5.97 Å². The molecule has 10 N–H and O–H groups in total. The van der Waals surface area contributed by atoms with Crippen LogP contribution < -0.4 is 33.2 Å². The second kappa shape index (κ2) is 15.9. The second-order valence-corrected chi connectivity index (χ2v) is 9.36. The highest BCUT2D eigenvalue weighted by Crippen LogP contribution is 2.13. The third kappa shape index (κ3) is 11.4. The monoisotopic (exact) mass is 499 g/mol. The van der Waals surface area contributed by atoms with Crippen LogP contribution in [-0.4, -0.2) is 65.5 Å². The molecule has 12 nitrogen and oxygen atoms in total. The summed E-state index contributed by atoms with van der Waals surface area (Å²) in [5, 5.41) is 17.4. The summed E-state index contributed by atoms with van der Waals surface area (Å²) in [4.78, 5) is 54.2. The standard InChI is InChI=1S/C23H45N7O5/c1-7-13(5)16(24)19(31)30-18(14(6)8-2)21(33)29-17(12(3)4)20(32)28-15(22(34)35)10-9-11-27-23(25)26/h12-18H,7-11,24H2,1-6H3,(H,28,32)(H,29,33)(H,30,31)(H,34,35)(H4,25,26,27). The number of nitrogens with zero attached hydrogens (tertiary/aromatic N) is 1. The third-order valence-electron chi connectivity index (χ3n) is 6.16. The minimum atomic E-state index is -1.21. The molecule has 202 valence electrons. The lowest BCUT2D eigenvalue weighted by Gasteiger charge is -2.30. The van der Waals surface area contributed by atoms with E-state index in [1.54, 1.807) is 13.8 Å². The zero-order valence-electron chi connectivity index (χ0n) is 21.8. The summed E-state index contributed by atoms with van der Waals surface area (Å²) < 4.78 is 0. The van der Waals surface area contributed by atoms with E-state index in [2.05, 4.69) is 20.9 Å². The fourth-order valence-electron chi connectivity index (χ4n) is 3.26. The van der Waals surface area contributed by atoms with E-state index in [-0.39, 0.29) is 36.7 Å². The van der Waals surface area contributed by atoms with Gasteiger partial charge in [0.25, 0.3) is 0 Å². The molecule has 0 saturated carbocycles. The molecule has 0 aliphatic rings. The van der Waals surface area contributed by atoms with Crippen molar-refractivity contribution < 1.29 is 24.3 Å². The molecule has 0 aromatic rings. The van der Waals surface area contributed by atoms with Crippen LogP contribution in [0.3, 0.4) is 0 Å². The van der Waals surface area contributed by atoms with Crippen LogP contribution in [0.25, 0.3) is 0 Å². The number of hydrogen-bond donors (Lipinski definition) is 7. The van der Waals surface area contributed by atoms with Gasteiger partial charge in [0.05, 0.1) is 6.04 Å². The first-order valence-electron chi connectivity index (χ1n) is 12.2. The van der Waals surface area contributed by atoms with Crippen LogP contribution in [0.5, 0.6) is 0 Å². The molecule has 0 radical (unpaired) electrons. The SMILES string of the molecule is CCC(C)C(N)C(=O)NC(C(=O)NC(C(=O)NC(CCCN=C(N)N)C(=O)O)C(C)C)C(C)CC. The number of aliphatic carboxylic acids is 1. The number of nitrogens with two attached hydrogens (primary N) is 3.